The molecular weight excluding hydrogens is 849 g/mol. The summed E-state index contributed by atoms with van der Waals surface area (Å²) >= 11 is 0. The molecule has 1 heterocycles. The summed E-state index contributed by atoms with van der Waals surface area (Å²) in [5, 5.41) is 15.4. The van der Waals surface area contributed by atoms with Crippen LogP contribution in [-0.2, 0) is 0 Å². The van der Waals surface area contributed by atoms with Gasteiger partial charge in [0.1, 0.15) is 0 Å². The summed E-state index contributed by atoms with van der Waals surface area (Å²) in [7, 11) is 0. The highest BCUT2D eigenvalue weighted by Crippen LogP contribution is 2.49. The Labute approximate surface area is 406 Å². The highest BCUT2D eigenvalue weighted by Gasteiger charge is 2.23. The zero-order valence-electron chi connectivity index (χ0n) is 37.9. The van der Waals surface area contributed by atoms with Crippen LogP contribution >= 0.6 is 0 Å². The molecule has 0 N–H and O–H groups in total. The Morgan fingerprint density at radius 1 is 0.257 bits per heavy atom. The van der Waals surface area contributed by atoms with Crippen molar-refractivity contribution in [2.75, 3.05) is 0 Å². The maximum absolute atomic E-state index is 10.4. The van der Waals surface area contributed by atoms with Crippen molar-refractivity contribution < 1.29 is 0 Å². The smallest absolute Gasteiger partial charge is 0.164 e. The first kappa shape index (κ1) is 40.7. The van der Waals surface area contributed by atoms with Crippen molar-refractivity contribution in [1.29, 1.82) is 5.26 Å². The summed E-state index contributed by atoms with van der Waals surface area (Å²) in [6, 6.07) is 87.6. The van der Waals surface area contributed by atoms with E-state index in [1.54, 1.807) is 0 Å². The van der Waals surface area contributed by atoms with Crippen LogP contribution in [0.3, 0.4) is 0 Å². The number of nitriles is 1. The Bertz CT molecular complexity index is 4040. The average molecular weight is 889 g/mol. The first-order chi connectivity index (χ1) is 34.6. The van der Waals surface area contributed by atoms with Gasteiger partial charge in [-0.05, 0) is 124 Å². The molecule has 11 aromatic carbocycles. The van der Waals surface area contributed by atoms with Crippen LogP contribution in [0.2, 0.25) is 0 Å². The van der Waals surface area contributed by atoms with Crippen molar-refractivity contribution in [1.82, 2.24) is 15.0 Å². The van der Waals surface area contributed by atoms with E-state index in [0.717, 1.165) is 61.2 Å². The van der Waals surface area contributed by atoms with Gasteiger partial charge < -0.3 is 0 Å². The number of nitrogens with zero attached hydrogens (tertiary/aromatic N) is 4. The van der Waals surface area contributed by atoms with E-state index >= 15 is 0 Å². The maximum atomic E-state index is 10.4. The number of hydrogen-bond acceptors (Lipinski definition) is 4. The third-order valence-electron chi connectivity index (χ3n) is 13.7. The third-order valence-corrected chi connectivity index (χ3v) is 13.7. The lowest BCUT2D eigenvalue weighted by Crippen LogP contribution is -2.01. The third kappa shape index (κ3) is 7.13. The van der Waals surface area contributed by atoms with Crippen LogP contribution in [0.25, 0.3) is 134 Å². The van der Waals surface area contributed by atoms with Crippen molar-refractivity contribution in [3.05, 3.63) is 248 Å². The molecule has 0 bridgehead atoms. The quantitative estimate of drug-likeness (QED) is 0.152. The van der Waals surface area contributed by atoms with Crippen molar-refractivity contribution in [2.24, 2.45) is 0 Å². The SMILES string of the molecule is N#Cc1ccc(-c2ccc(-c3nc(-c4ccccc4)nc(-c4ccccc4-c4ccc5ccccc5c4)n3)cc2)cc1-c1cccc(-c2cccc(-c3ccc4c5c(cccc35)-c3ccccc3-4)c2)c1. The average Bonchev–Trinajstić information content (AvgIpc) is 3.77. The van der Waals surface area contributed by atoms with Gasteiger partial charge in [-0.1, -0.05) is 212 Å². The van der Waals surface area contributed by atoms with E-state index in [0.29, 0.717) is 23.0 Å². The normalized spacial score (nSPS) is 11.4. The lowest BCUT2D eigenvalue weighted by atomic mass is 9.91. The standard InChI is InChI=1S/C66H40N4/c67-41-53-34-32-49(40-62(53)51-20-11-18-48(39-51)47-17-10-19-50(38-47)55-35-36-60-57-23-8-7-22-56(57)59-26-12-25-58(55)63(59)60)43-27-30-45(31-28-43)65-68-64(44-14-2-1-3-15-44)69-66(70-65)61-24-9-6-21-54(61)52-33-29-42-13-4-5-16-46(42)37-52/h1-40H. The molecule has 1 aliphatic carbocycles. The minimum Gasteiger partial charge on any atom is -0.208 e. The molecule has 13 rings (SSSR count). The summed E-state index contributed by atoms with van der Waals surface area (Å²) in [6.45, 7) is 0. The number of benzene rings is 11. The fourth-order valence-electron chi connectivity index (χ4n) is 10.3. The van der Waals surface area contributed by atoms with E-state index in [1.165, 1.54) is 54.9 Å². The van der Waals surface area contributed by atoms with Gasteiger partial charge in [-0.3, -0.25) is 0 Å². The van der Waals surface area contributed by atoms with Gasteiger partial charge >= 0.3 is 0 Å². The second-order valence-corrected chi connectivity index (χ2v) is 17.8. The highest BCUT2D eigenvalue weighted by atomic mass is 15.0. The first-order valence-corrected chi connectivity index (χ1v) is 23.6. The molecule has 324 valence electrons. The van der Waals surface area contributed by atoms with Gasteiger partial charge in [0, 0.05) is 22.3 Å². The first-order valence-electron chi connectivity index (χ1n) is 23.6. The number of aromatic nitrogens is 3. The van der Waals surface area contributed by atoms with Crippen LogP contribution in [0, 0.1) is 11.3 Å². The maximum Gasteiger partial charge on any atom is 0.164 e. The molecule has 0 radical (unpaired) electrons. The summed E-state index contributed by atoms with van der Waals surface area (Å²) < 4.78 is 0. The van der Waals surface area contributed by atoms with E-state index in [1.807, 2.05) is 48.5 Å². The monoisotopic (exact) mass is 888 g/mol. The van der Waals surface area contributed by atoms with Crippen molar-refractivity contribution in [2.45, 2.75) is 0 Å². The lowest BCUT2D eigenvalue weighted by molar-refractivity contribution is 1.07. The molecule has 0 saturated heterocycles. The van der Waals surface area contributed by atoms with Crippen LogP contribution < -0.4 is 0 Å². The van der Waals surface area contributed by atoms with E-state index in [9.17, 15) is 5.26 Å². The molecule has 12 aromatic rings. The van der Waals surface area contributed by atoms with Crippen LogP contribution in [0.15, 0.2) is 243 Å². The summed E-state index contributed by atoms with van der Waals surface area (Å²) in [4.78, 5) is 15.3. The number of hydrogen-bond donors (Lipinski definition) is 0. The van der Waals surface area contributed by atoms with Crippen molar-refractivity contribution >= 4 is 21.5 Å². The zero-order chi connectivity index (χ0) is 46.5. The van der Waals surface area contributed by atoms with Crippen LogP contribution in [0.4, 0.5) is 0 Å². The van der Waals surface area contributed by atoms with Gasteiger partial charge in [0.15, 0.2) is 17.5 Å². The molecular formula is C66H40N4. The molecule has 1 aliphatic rings. The largest absolute Gasteiger partial charge is 0.208 e. The molecule has 1 aromatic heterocycles. The van der Waals surface area contributed by atoms with Gasteiger partial charge in [0.2, 0.25) is 0 Å². The molecule has 0 aliphatic heterocycles. The zero-order valence-corrected chi connectivity index (χ0v) is 37.9. The lowest BCUT2D eigenvalue weighted by Gasteiger charge is -2.13. The molecule has 4 heteroatoms. The Morgan fingerprint density at radius 2 is 0.729 bits per heavy atom. The molecule has 70 heavy (non-hydrogen) atoms. The van der Waals surface area contributed by atoms with Gasteiger partial charge in [-0.25, -0.2) is 15.0 Å². The van der Waals surface area contributed by atoms with Crippen molar-refractivity contribution in [3.8, 4) is 118 Å². The molecule has 0 saturated carbocycles. The highest BCUT2D eigenvalue weighted by molar-refractivity contribution is 6.18. The minimum absolute atomic E-state index is 0.587. The number of fused-ring (bicyclic) bond motifs is 4. The Morgan fingerprint density at radius 3 is 1.46 bits per heavy atom. The fraction of sp³-hybridized carbons (Fsp3) is 0. The predicted molar refractivity (Wildman–Crippen MR) is 287 cm³/mol. The van der Waals surface area contributed by atoms with Crippen LogP contribution in [0.1, 0.15) is 5.56 Å². The second-order valence-electron chi connectivity index (χ2n) is 17.8. The summed E-state index contributed by atoms with van der Waals surface area (Å²) in [5.74, 6) is 1.80. The van der Waals surface area contributed by atoms with E-state index in [2.05, 4.69) is 200 Å². The second kappa shape index (κ2) is 16.9. The van der Waals surface area contributed by atoms with Gasteiger partial charge in [0.05, 0.1) is 11.6 Å². The molecule has 0 fully saturated rings. The predicted octanol–water partition coefficient (Wildman–Crippen LogP) is 17.0. The van der Waals surface area contributed by atoms with Gasteiger partial charge in [-0.2, -0.15) is 5.26 Å². The Hall–Kier alpha value is -9.56. The van der Waals surface area contributed by atoms with E-state index in [4.69, 9.17) is 15.0 Å². The molecule has 0 amide bonds. The van der Waals surface area contributed by atoms with Crippen LogP contribution in [0.5, 0.6) is 0 Å². The molecule has 0 spiro atoms. The molecule has 0 atom stereocenters. The topological polar surface area (TPSA) is 62.5 Å². The van der Waals surface area contributed by atoms with Crippen LogP contribution in [-0.4, -0.2) is 15.0 Å². The molecule has 4 nitrogen and oxygen atoms in total. The molecule has 0 unspecified atom stereocenters. The van der Waals surface area contributed by atoms with Gasteiger partial charge in [-0.15, -0.1) is 0 Å². The fourth-order valence-corrected chi connectivity index (χ4v) is 10.3. The van der Waals surface area contributed by atoms with Crippen molar-refractivity contribution in [3.63, 3.8) is 0 Å². The minimum atomic E-state index is 0.587. The van der Waals surface area contributed by atoms with E-state index in [-0.39, 0.29) is 0 Å². The van der Waals surface area contributed by atoms with Gasteiger partial charge in [0.25, 0.3) is 0 Å². The van der Waals surface area contributed by atoms with E-state index < -0.39 is 0 Å². The number of rotatable bonds is 8. The summed E-state index contributed by atoms with van der Waals surface area (Å²) in [6.07, 6.45) is 0. The summed E-state index contributed by atoms with van der Waals surface area (Å²) in [5.41, 5.74) is 19.2. The Balaban J connectivity index is 0.833. The Kier molecular flexibility index (Phi) is 9.85.